The van der Waals surface area contributed by atoms with Gasteiger partial charge in [0.15, 0.2) is 5.12 Å². The van der Waals surface area contributed by atoms with Gasteiger partial charge in [0.2, 0.25) is 0 Å². The fourth-order valence-corrected chi connectivity index (χ4v) is 2.34. The maximum Gasteiger partial charge on any atom is 0.339 e. The van der Waals surface area contributed by atoms with Crippen molar-refractivity contribution in [2.75, 3.05) is 5.75 Å². The summed E-state index contributed by atoms with van der Waals surface area (Å²) in [5.41, 5.74) is -0.697. The largest absolute Gasteiger partial charge is 0.507 e. The van der Waals surface area contributed by atoms with E-state index in [2.05, 4.69) is 0 Å². The first-order chi connectivity index (χ1) is 9.73. The third kappa shape index (κ3) is 4.62. The van der Waals surface area contributed by atoms with E-state index >= 15 is 0 Å². The molecule has 0 aliphatic heterocycles. The van der Waals surface area contributed by atoms with Crippen molar-refractivity contribution in [1.29, 1.82) is 0 Å². The highest BCUT2D eigenvalue weighted by atomic mass is 32.2. The van der Waals surface area contributed by atoms with Crippen molar-refractivity contribution in [3.05, 3.63) is 23.3 Å². The Morgan fingerprint density at radius 2 is 1.81 bits per heavy atom. The minimum Gasteiger partial charge on any atom is -0.507 e. The van der Waals surface area contributed by atoms with Crippen LogP contribution in [-0.2, 0) is 4.79 Å². The third-order valence-electron chi connectivity index (χ3n) is 2.78. The van der Waals surface area contributed by atoms with Crippen LogP contribution in [-0.4, -0.2) is 48.5 Å². The monoisotopic (exact) mass is 316 g/mol. The Balaban J connectivity index is 2.90. The van der Waals surface area contributed by atoms with Gasteiger partial charge in [-0.1, -0.05) is 11.8 Å². The zero-order valence-corrected chi connectivity index (χ0v) is 12.0. The third-order valence-corrected chi connectivity index (χ3v) is 3.62. The number of thioether (sulfide) groups is 1. The molecule has 0 fully saturated rings. The lowest BCUT2D eigenvalue weighted by Crippen LogP contribution is -2.19. The van der Waals surface area contributed by atoms with Crippen molar-refractivity contribution in [3.8, 4) is 11.5 Å². The molecule has 1 aromatic rings. The number of phenolic OH excluding ortho intramolecular Hbond substituents is 1. The molecule has 8 heteroatoms. The molecule has 1 rings (SSSR count). The number of aromatic carboxylic acids is 1. The van der Waals surface area contributed by atoms with Gasteiger partial charge in [0.1, 0.15) is 23.2 Å². The standard InChI is InChI=1S/C13H16O7S/c1-6(14)21-3-2-9(15)12(18)7-4-8(13(19)20)11(17)5-10(7)16/h4-5,9,12,15-18H,2-3H2,1H3,(H,19,20). The van der Waals surface area contributed by atoms with Crippen LogP contribution in [0.5, 0.6) is 11.5 Å². The predicted molar refractivity (Wildman–Crippen MR) is 75.5 cm³/mol. The number of hydrogen-bond acceptors (Lipinski definition) is 7. The van der Waals surface area contributed by atoms with Crippen LogP contribution in [0.3, 0.4) is 0 Å². The van der Waals surface area contributed by atoms with Crippen molar-refractivity contribution in [1.82, 2.24) is 0 Å². The molecule has 1 aromatic carbocycles. The lowest BCUT2D eigenvalue weighted by molar-refractivity contribution is -0.109. The van der Waals surface area contributed by atoms with E-state index in [1.54, 1.807) is 0 Å². The number of phenols is 2. The van der Waals surface area contributed by atoms with E-state index in [1.807, 2.05) is 0 Å². The van der Waals surface area contributed by atoms with Crippen LogP contribution in [0, 0.1) is 0 Å². The average Bonchev–Trinajstić information content (AvgIpc) is 2.37. The van der Waals surface area contributed by atoms with Gasteiger partial charge in [0, 0.05) is 24.3 Å². The van der Waals surface area contributed by atoms with E-state index < -0.39 is 35.2 Å². The second-order valence-corrected chi connectivity index (χ2v) is 5.65. The molecule has 2 unspecified atom stereocenters. The summed E-state index contributed by atoms with van der Waals surface area (Å²) >= 11 is 0.980. The van der Waals surface area contributed by atoms with Gasteiger partial charge < -0.3 is 25.5 Å². The highest BCUT2D eigenvalue weighted by Crippen LogP contribution is 2.33. The number of aliphatic hydroxyl groups excluding tert-OH is 2. The SMILES string of the molecule is CC(=O)SCCC(O)C(O)c1cc(C(=O)O)c(O)cc1O. The van der Waals surface area contributed by atoms with Gasteiger partial charge >= 0.3 is 5.97 Å². The van der Waals surface area contributed by atoms with Gasteiger partial charge in [-0.05, 0) is 12.5 Å². The van der Waals surface area contributed by atoms with Crippen molar-refractivity contribution < 1.29 is 35.1 Å². The van der Waals surface area contributed by atoms with Crippen LogP contribution in [0.25, 0.3) is 0 Å². The molecule has 0 saturated carbocycles. The van der Waals surface area contributed by atoms with E-state index in [0.717, 1.165) is 23.9 Å². The Morgan fingerprint density at radius 1 is 1.19 bits per heavy atom. The van der Waals surface area contributed by atoms with Gasteiger partial charge in [0.05, 0.1) is 6.10 Å². The predicted octanol–water partition coefficient (Wildman–Crippen LogP) is 0.860. The van der Waals surface area contributed by atoms with Crippen molar-refractivity contribution in [2.45, 2.75) is 25.6 Å². The molecule has 21 heavy (non-hydrogen) atoms. The number of carboxylic acid groups (broad SMARTS) is 1. The smallest absolute Gasteiger partial charge is 0.339 e. The van der Waals surface area contributed by atoms with Crippen molar-refractivity contribution in [2.24, 2.45) is 0 Å². The quantitative estimate of drug-likeness (QED) is 0.521. The molecule has 0 aliphatic carbocycles. The summed E-state index contributed by atoms with van der Waals surface area (Å²) < 4.78 is 0. The second kappa shape index (κ2) is 7.30. The molecule has 0 aromatic heterocycles. The Kier molecular flexibility index (Phi) is 6.01. The maximum atomic E-state index is 10.9. The highest BCUT2D eigenvalue weighted by Gasteiger charge is 2.24. The molecule has 116 valence electrons. The number of rotatable bonds is 6. The molecule has 0 heterocycles. The second-order valence-electron chi connectivity index (χ2n) is 4.37. The Labute approximate surface area is 124 Å². The molecule has 0 aliphatic rings. The highest BCUT2D eigenvalue weighted by molar-refractivity contribution is 8.13. The van der Waals surface area contributed by atoms with Crippen LogP contribution >= 0.6 is 11.8 Å². The van der Waals surface area contributed by atoms with E-state index in [-0.39, 0.29) is 22.9 Å². The number of hydrogen-bond donors (Lipinski definition) is 5. The zero-order chi connectivity index (χ0) is 16.2. The van der Waals surface area contributed by atoms with Crippen LogP contribution in [0.15, 0.2) is 12.1 Å². The van der Waals surface area contributed by atoms with Crippen LogP contribution in [0.1, 0.15) is 35.4 Å². The molecule has 7 nitrogen and oxygen atoms in total. The normalized spacial score (nSPS) is 13.7. The van der Waals surface area contributed by atoms with Gasteiger partial charge in [-0.15, -0.1) is 0 Å². The molecule has 0 saturated heterocycles. The number of aromatic hydroxyl groups is 2. The van der Waals surface area contributed by atoms with E-state index in [0.29, 0.717) is 0 Å². The summed E-state index contributed by atoms with van der Waals surface area (Å²) in [6.07, 6.45) is -2.74. The fraction of sp³-hybridized carbons (Fsp3) is 0.385. The number of carbonyl (C=O) groups is 2. The summed E-state index contributed by atoms with van der Waals surface area (Å²) in [6, 6.07) is 1.69. The first-order valence-corrected chi connectivity index (χ1v) is 7.01. The number of carbonyl (C=O) groups excluding carboxylic acids is 1. The molecule has 5 N–H and O–H groups in total. The molecule has 0 spiro atoms. The summed E-state index contributed by atoms with van der Waals surface area (Å²) in [6.45, 7) is 1.37. The molecular formula is C13H16O7S. The van der Waals surface area contributed by atoms with Gasteiger partial charge in [-0.2, -0.15) is 0 Å². The van der Waals surface area contributed by atoms with Gasteiger partial charge in [0.25, 0.3) is 0 Å². The molecule has 0 bridgehead atoms. The Hall–Kier alpha value is -1.77. The van der Waals surface area contributed by atoms with Crippen molar-refractivity contribution >= 4 is 22.8 Å². The van der Waals surface area contributed by atoms with Crippen LogP contribution < -0.4 is 0 Å². The van der Waals surface area contributed by atoms with Crippen LogP contribution in [0.2, 0.25) is 0 Å². The summed E-state index contributed by atoms with van der Waals surface area (Å²) in [5, 5.41) is 47.5. The summed E-state index contributed by atoms with van der Waals surface area (Å²) in [7, 11) is 0. The molecule has 2 atom stereocenters. The van der Waals surface area contributed by atoms with E-state index in [4.69, 9.17) is 5.11 Å². The summed E-state index contributed by atoms with van der Waals surface area (Å²) in [4.78, 5) is 21.7. The maximum absolute atomic E-state index is 10.9. The van der Waals surface area contributed by atoms with Gasteiger partial charge in [-0.3, -0.25) is 4.79 Å². The molecule has 0 radical (unpaired) electrons. The number of carboxylic acids is 1. The zero-order valence-electron chi connectivity index (χ0n) is 11.2. The first-order valence-electron chi connectivity index (χ1n) is 6.02. The minimum atomic E-state index is -1.53. The number of aliphatic hydroxyl groups is 2. The van der Waals surface area contributed by atoms with Crippen molar-refractivity contribution in [3.63, 3.8) is 0 Å². The minimum absolute atomic E-state index is 0.0775. The first kappa shape index (κ1) is 17.3. The lowest BCUT2D eigenvalue weighted by Gasteiger charge is -2.19. The summed E-state index contributed by atoms with van der Waals surface area (Å²) in [5.74, 6) is -2.32. The topological polar surface area (TPSA) is 135 Å². The van der Waals surface area contributed by atoms with E-state index in [1.165, 1.54) is 6.92 Å². The van der Waals surface area contributed by atoms with E-state index in [9.17, 15) is 30.0 Å². The fourth-order valence-electron chi connectivity index (χ4n) is 1.69. The average molecular weight is 316 g/mol. The Morgan fingerprint density at radius 3 is 2.33 bits per heavy atom. The molecular weight excluding hydrogens is 300 g/mol. The van der Waals surface area contributed by atoms with Crippen LogP contribution in [0.4, 0.5) is 0 Å². The van der Waals surface area contributed by atoms with Gasteiger partial charge in [-0.25, -0.2) is 4.79 Å². The molecule has 0 amide bonds. The number of benzene rings is 1. The Bertz CT molecular complexity index is 544. The lowest BCUT2D eigenvalue weighted by atomic mass is 9.99.